The summed E-state index contributed by atoms with van der Waals surface area (Å²) < 4.78 is 18.4. The van der Waals surface area contributed by atoms with Gasteiger partial charge in [0.15, 0.2) is 0 Å². The molecule has 0 aliphatic carbocycles. The molecular weight excluding hydrogens is 247 g/mol. The van der Waals surface area contributed by atoms with Crippen molar-refractivity contribution in [3.63, 3.8) is 0 Å². The molecule has 0 saturated carbocycles. The number of rotatable bonds is 3. The molecule has 1 aromatic carbocycles. The van der Waals surface area contributed by atoms with Gasteiger partial charge in [-0.25, -0.2) is 4.39 Å². The standard InChI is InChI=1S/C11H10ClFN2O2/c1-2-8(16)10-14-11(17-15-10)9-6(12)4-3-5-7(9)13/h3-5,8,16H,2H2,1H3. The van der Waals surface area contributed by atoms with Gasteiger partial charge in [0.1, 0.15) is 11.9 Å². The lowest BCUT2D eigenvalue weighted by Gasteiger charge is -2.00. The normalized spacial score (nSPS) is 12.7. The van der Waals surface area contributed by atoms with Crippen molar-refractivity contribution < 1.29 is 14.0 Å². The molecule has 90 valence electrons. The van der Waals surface area contributed by atoms with Gasteiger partial charge in [0.05, 0.1) is 10.6 Å². The van der Waals surface area contributed by atoms with Crippen molar-refractivity contribution in [2.45, 2.75) is 19.4 Å². The molecule has 2 rings (SSSR count). The van der Waals surface area contributed by atoms with Crippen LogP contribution in [0.1, 0.15) is 25.3 Å². The molecule has 4 nitrogen and oxygen atoms in total. The summed E-state index contributed by atoms with van der Waals surface area (Å²) in [7, 11) is 0. The van der Waals surface area contributed by atoms with E-state index in [1.807, 2.05) is 0 Å². The fourth-order valence-corrected chi connectivity index (χ4v) is 1.60. The summed E-state index contributed by atoms with van der Waals surface area (Å²) in [6, 6.07) is 4.26. The van der Waals surface area contributed by atoms with E-state index < -0.39 is 11.9 Å². The first-order valence-electron chi connectivity index (χ1n) is 5.09. The zero-order chi connectivity index (χ0) is 12.4. The summed E-state index contributed by atoms with van der Waals surface area (Å²) in [6.07, 6.45) is -0.373. The fraction of sp³-hybridized carbons (Fsp3) is 0.273. The minimum absolute atomic E-state index is 0.0319. The number of benzene rings is 1. The third kappa shape index (κ3) is 2.30. The van der Waals surface area contributed by atoms with E-state index in [1.54, 1.807) is 6.92 Å². The molecule has 0 saturated heterocycles. The van der Waals surface area contributed by atoms with E-state index in [4.69, 9.17) is 16.1 Å². The van der Waals surface area contributed by atoms with E-state index in [0.717, 1.165) is 0 Å². The molecule has 6 heteroatoms. The first kappa shape index (κ1) is 12.0. The third-order valence-electron chi connectivity index (χ3n) is 2.30. The molecule has 0 spiro atoms. The maximum Gasteiger partial charge on any atom is 0.262 e. The SMILES string of the molecule is CCC(O)c1noc(-c2c(F)cccc2Cl)n1. The molecule has 1 heterocycles. The number of aromatic nitrogens is 2. The van der Waals surface area contributed by atoms with Gasteiger partial charge in [-0.2, -0.15) is 4.98 Å². The van der Waals surface area contributed by atoms with Crippen LogP contribution in [0.15, 0.2) is 22.7 Å². The van der Waals surface area contributed by atoms with Crippen molar-refractivity contribution in [2.75, 3.05) is 0 Å². The van der Waals surface area contributed by atoms with Crippen LogP contribution in [0.4, 0.5) is 4.39 Å². The van der Waals surface area contributed by atoms with E-state index >= 15 is 0 Å². The minimum Gasteiger partial charge on any atom is -0.385 e. The van der Waals surface area contributed by atoms with Gasteiger partial charge in [-0.15, -0.1) is 0 Å². The highest BCUT2D eigenvalue weighted by Crippen LogP contribution is 2.29. The van der Waals surface area contributed by atoms with Crippen molar-refractivity contribution in [1.29, 1.82) is 0 Å². The second kappa shape index (κ2) is 4.81. The number of aliphatic hydroxyl groups excluding tert-OH is 1. The van der Waals surface area contributed by atoms with Crippen LogP contribution in [-0.4, -0.2) is 15.2 Å². The number of hydrogen-bond acceptors (Lipinski definition) is 4. The summed E-state index contributed by atoms with van der Waals surface area (Å²) in [5.41, 5.74) is 0.0521. The first-order valence-corrected chi connectivity index (χ1v) is 5.47. The molecule has 1 atom stereocenters. The zero-order valence-corrected chi connectivity index (χ0v) is 9.78. The van der Waals surface area contributed by atoms with Crippen molar-refractivity contribution in [3.8, 4) is 11.5 Å². The Kier molecular flexibility index (Phi) is 3.40. The van der Waals surface area contributed by atoms with Crippen LogP contribution < -0.4 is 0 Å². The summed E-state index contributed by atoms with van der Waals surface area (Å²) in [5, 5.41) is 13.3. The van der Waals surface area contributed by atoms with E-state index in [1.165, 1.54) is 18.2 Å². The summed E-state index contributed by atoms with van der Waals surface area (Å²) in [5.74, 6) is -0.448. The van der Waals surface area contributed by atoms with Crippen LogP contribution >= 0.6 is 11.6 Å². The van der Waals surface area contributed by atoms with E-state index in [2.05, 4.69) is 10.1 Å². The van der Waals surface area contributed by atoms with Crippen molar-refractivity contribution in [3.05, 3.63) is 34.9 Å². The van der Waals surface area contributed by atoms with Crippen LogP contribution in [0, 0.1) is 5.82 Å². The van der Waals surface area contributed by atoms with Crippen molar-refractivity contribution in [2.24, 2.45) is 0 Å². The van der Waals surface area contributed by atoms with E-state index in [0.29, 0.717) is 6.42 Å². The average molecular weight is 257 g/mol. The Morgan fingerprint density at radius 3 is 2.94 bits per heavy atom. The minimum atomic E-state index is -0.821. The Balaban J connectivity index is 2.44. The van der Waals surface area contributed by atoms with Gasteiger partial charge in [-0.1, -0.05) is 29.7 Å². The largest absolute Gasteiger partial charge is 0.385 e. The highest BCUT2D eigenvalue weighted by atomic mass is 35.5. The molecule has 0 bridgehead atoms. The van der Waals surface area contributed by atoms with Crippen LogP contribution in [0.2, 0.25) is 5.02 Å². The molecule has 1 aromatic heterocycles. The quantitative estimate of drug-likeness (QED) is 0.917. The molecule has 0 fully saturated rings. The van der Waals surface area contributed by atoms with Crippen LogP contribution in [0.25, 0.3) is 11.5 Å². The average Bonchev–Trinajstić information content (AvgIpc) is 2.77. The van der Waals surface area contributed by atoms with Gasteiger partial charge in [-0.05, 0) is 18.6 Å². The van der Waals surface area contributed by atoms with Gasteiger partial charge in [0, 0.05) is 0 Å². The predicted octanol–water partition coefficient (Wildman–Crippen LogP) is 2.97. The summed E-state index contributed by atoms with van der Waals surface area (Å²) in [4.78, 5) is 3.92. The van der Waals surface area contributed by atoms with E-state index in [9.17, 15) is 9.50 Å². The predicted molar refractivity (Wildman–Crippen MR) is 60.0 cm³/mol. The third-order valence-corrected chi connectivity index (χ3v) is 2.62. The number of aliphatic hydroxyl groups is 1. The Hall–Kier alpha value is -1.46. The lowest BCUT2D eigenvalue weighted by atomic mass is 10.2. The van der Waals surface area contributed by atoms with E-state index in [-0.39, 0.29) is 22.3 Å². The van der Waals surface area contributed by atoms with Gasteiger partial charge in [0.2, 0.25) is 5.82 Å². The Morgan fingerprint density at radius 1 is 1.53 bits per heavy atom. The number of halogens is 2. The Bertz CT molecular complexity index is 510. The monoisotopic (exact) mass is 256 g/mol. The molecule has 0 aliphatic heterocycles. The zero-order valence-electron chi connectivity index (χ0n) is 9.02. The molecule has 0 amide bonds. The highest BCUT2D eigenvalue weighted by molar-refractivity contribution is 6.33. The lowest BCUT2D eigenvalue weighted by molar-refractivity contribution is 0.159. The molecule has 1 N–H and O–H groups in total. The Morgan fingerprint density at radius 2 is 2.29 bits per heavy atom. The molecule has 1 unspecified atom stereocenters. The lowest BCUT2D eigenvalue weighted by Crippen LogP contribution is -1.97. The van der Waals surface area contributed by atoms with Gasteiger partial charge in [-0.3, -0.25) is 0 Å². The fourth-order valence-electron chi connectivity index (χ4n) is 1.36. The molecule has 0 radical (unpaired) electrons. The topological polar surface area (TPSA) is 59.2 Å². The molecule has 2 aromatic rings. The smallest absolute Gasteiger partial charge is 0.262 e. The molecular formula is C11H10ClFN2O2. The second-order valence-electron chi connectivity index (χ2n) is 3.48. The maximum absolute atomic E-state index is 13.6. The second-order valence-corrected chi connectivity index (χ2v) is 3.89. The van der Waals surface area contributed by atoms with Crippen molar-refractivity contribution in [1.82, 2.24) is 10.1 Å². The van der Waals surface area contributed by atoms with Gasteiger partial charge >= 0.3 is 0 Å². The summed E-state index contributed by atoms with van der Waals surface area (Å²) in [6.45, 7) is 1.77. The maximum atomic E-state index is 13.6. The summed E-state index contributed by atoms with van der Waals surface area (Å²) >= 11 is 5.86. The van der Waals surface area contributed by atoms with Gasteiger partial charge in [0.25, 0.3) is 5.89 Å². The number of nitrogens with zero attached hydrogens (tertiary/aromatic N) is 2. The highest BCUT2D eigenvalue weighted by Gasteiger charge is 2.19. The van der Waals surface area contributed by atoms with Crippen molar-refractivity contribution >= 4 is 11.6 Å². The van der Waals surface area contributed by atoms with Crippen LogP contribution in [0.3, 0.4) is 0 Å². The van der Waals surface area contributed by atoms with Crippen LogP contribution in [0.5, 0.6) is 0 Å². The van der Waals surface area contributed by atoms with Gasteiger partial charge < -0.3 is 9.63 Å². The molecule has 0 aliphatic rings. The number of hydrogen-bond donors (Lipinski definition) is 1. The Labute approximate surface area is 102 Å². The van der Waals surface area contributed by atoms with Crippen LogP contribution in [-0.2, 0) is 0 Å². The first-order chi connectivity index (χ1) is 8.13. The molecule has 17 heavy (non-hydrogen) atoms.